The highest BCUT2D eigenvalue weighted by molar-refractivity contribution is 9.10. The fourth-order valence-electron chi connectivity index (χ4n) is 3.63. The summed E-state index contributed by atoms with van der Waals surface area (Å²) in [5.74, 6) is 0.0180. The van der Waals surface area contributed by atoms with Gasteiger partial charge in [0.1, 0.15) is 18.0 Å². The second-order valence-electron chi connectivity index (χ2n) is 7.08. The monoisotopic (exact) mass is 522 g/mol. The number of aliphatic hydroxyl groups is 2. The minimum Gasteiger partial charge on any atom is -0.494 e. The van der Waals surface area contributed by atoms with Crippen molar-refractivity contribution in [3.8, 4) is 5.88 Å². The number of halogens is 2. The van der Waals surface area contributed by atoms with E-state index in [4.69, 9.17) is 20.0 Å². The molecule has 4 rings (SSSR count). The number of aromatic amines is 1. The molecule has 8 nitrogen and oxygen atoms in total. The van der Waals surface area contributed by atoms with Crippen molar-refractivity contribution in [2.24, 2.45) is 10.1 Å². The average Bonchev–Trinajstić information content (AvgIpc) is 3.27. The Morgan fingerprint density at radius 2 is 1.81 bits per heavy atom. The molecule has 0 spiro atoms. The molecular weight excluding hydrogens is 500 g/mol. The number of para-hydroxylation sites is 1. The molecule has 1 aliphatic heterocycles. The number of fused-ring (bicyclic) bond motifs is 2. The highest BCUT2D eigenvalue weighted by atomic mass is 79.9. The lowest BCUT2D eigenvalue weighted by molar-refractivity contribution is 0.0919. The maximum atomic E-state index is 10.6. The standard InChI is InChI=1S/C22H23BrN4O4.ClH/c23-14-5-6-15-18(13-14)25-22(30)19(15)21-20(16-3-1-2-4-17(16)24-21)26-31-12-9-27(7-10-28)8-11-29;/h1-6,13,25,28-30H,7-12H2;1H/b26-20+;. The molecule has 4 N–H and O–H groups in total. The van der Waals surface area contributed by atoms with Gasteiger partial charge in [0, 0.05) is 35.1 Å². The van der Waals surface area contributed by atoms with E-state index in [1.165, 1.54) is 0 Å². The molecule has 2 heterocycles. The topological polar surface area (TPSA) is 114 Å². The van der Waals surface area contributed by atoms with Crippen LogP contribution >= 0.6 is 28.3 Å². The third kappa shape index (κ3) is 4.97. The number of aromatic hydroxyl groups is 1. The number of aromatic nitrogens is 1. The molecule has 0 atom stereocenters. The number of H-pyrrole nitrogens is 1. The molecule has 0 bridgehead atoms. The van der Waals surface area contributed by atoms with Crippen molar-refractivity contribution in [2.45, 2.75) is 0 Å². The maximum absolute atomic E-state index is 10.6. The summed E-state index contributed by atoms with van der Waals surface area (Å²) in [6.45, 7) is 1.72. The van der Waals surface area contributed by atoms with Gasteiger partial charge in [0.25, 0.3) is 0 Å². The molecule has 0 fully saturated rings. The Morgan fingerprint density at radius 1 is 1.06 bits per heavy atom. The van der Waals surface area contributed by atoms with E-state index in [1.807, 2.05) is 47.4 Å². The number of hydrogen-bond acceptors (Lipinski definition) is 7. The number of hydrogen-bond donors (Lipinski definition) is 4. The Bertz CT molecular complexity index is 1140. The molecule has 10 heteroatoms. The third-order valence-electron chi connectivity index (χ3n) is 5.08. The van der Waals surface area contributed by atoms with Crippen molar-refractivity contribution < 1.29 is 20.2 Å². The van der Waals surface area contributed by atoms with E-state index in [2.05, 4.69) is 26.1 Å². The summed E-state index contributed by atoms with van der Waals surface area (Å²) in [5, 5.41) is 34.1. The van der Waals surface area contributed by atoms with Gasteiger partial charge >= 0.3 is 0 Å². The second kappa shape index (κ2) is 10.9. The van der Waals surface area contributed by atoms with Gasteiger partial charge in [-0.3, -0.25) is 4.90 Å². The molecule has 3 aromatic rings. The maximum Gasteiger partial charge on any atom is 0.199 e. The zero-order valence-corrected chi connectivity index (χ0v) is 19.6. The van der Waals surface area contributed by atoms with E-state index in [9.17, 15) is 5.11 Å². The summed E-state index contributed by atoms with van der Waals surface area (Å²) in [6.07, 6.45) is 0. The first kappa shape index (κ1) is 24.2. The lowest BCUT2D eigenvalue weighted by Crippen LogP contribution is -2.32. The minimum absolute atomic E-state index is 0. The predicted molar refractivity (Wildman–Crippen MR) is 131 cm³/mol. The fourth-order valence-corrected chi connectivity index (χ4v) is 3.99. The van der Waals surface area contributed by atoms with Crippen LogP contribution in [-0.2, 0) is 4.84 Å². The second-order valence-corrected chi connectivity index (χ2v) is 7.99. The zero-order valence-electron chi connectivity index (χ0n) is 17.2. The first-order chi connectivity index (χ1) is 15.1. The number of aliphatic hydroxyl groups excluding tert-OH is 2. The Labute approximate surface area is 199 Å². The minimum atomic E-state index is 0. The van der Waals surface area contributed by atoms with E-state index >= 15 is 0 Å². The SMILES string of the molecule is Cl.OCCN(CCO)CCO/N=C1/C(c2c(O)[nH]c3cc(Br)ccc23)=Nc2ccccc21. The van der Waals surface area contributed by atoms with E-state index in [-0.39, 0.29) is 38.1 Å². The van der Waals surface area contributed by atoms with Crippen LogP contribution in [0.15, 0.2) is 57.1 Å². The summed E-state index contributed by atoms with van der Waals surface area (Å²) in [6, 6.07) is 13.3. The molecule has 170 valence electrons. The molecule has 0 saturated carbocycles. The molecule has 1 aromatic heterocycles. The number of rotatable bonds is 9. The molecule has 0 radical (unpaired) electrons. The van der Waals surface area contributed by atoms with Gasteiger partial charge < -0.3 is 25.1 Å². The van der Waals surface area contributed by atoms with E-state index in [1.54, 1.807) is 0 Å². The number of benzene rings is 2. The summed E-state index contributed by atoms with van der Waals surface area (Å²) in [7, 11) is 0. The van der Waals surface area contributed by atoms with Gasteiger partial charge in [-0.25, -0.2) is 4.99 Å². The van der Waals surface area contributed by atoms with Gasteiger partial charge in [0.2, 0.25) is 0 Å². The van der Waals surface area contributed by atoms with Crippen molar-refractivity contribution in [3.05, 3.63) is 58.1 Å². The van der Waals surface area contributed by atoms with Crippen LogP contribution in [0.1, 0.15) is 11.1 Å². The van der Waals surface area contributed by atoms with Crippen LogP contribution in [-0.4, -0.2) is 76.1 Å². The largest absolute Gasteiger partial charge is 0.494 e. The van der Waals surface area contributed by atoms with Crippen molar-refractivity contribution >= 4 is 56.4 Å². The lowest BCUT2D eigenvalue weighted by Gasteiger charge is -2.18. The van der Waals surface area contributed by atoms with Gasteiger partial charge in [0.05, 0.1) is 30.0 Å². The molecule has 0 aliphatic carbocycles. The quantitative estimate of drug-likeness (QED) is 0.254. The molecule has 0 unspecified atom stereocenters. The van der Waals surface area contributed by atoms with Crippen molar-refractivity contribution in [1.29, 1.82) is 0 Å². The van der Waals surface area contributed by atoms with Crippen LogP contribution in [0.4, 0.5) is 5.69 Å². The van der Waals surface area contributed by atoms with Gasteiger partial charge in [0.15, 0.2) is 5.88 Å². The van der Waals surface area contributed by atoms with E-state index < -0.39 is 0 Å². The van der Waals surface area contributed by atoms with Crippen LogP contribution in [0.2, 0.25) is 0 Å². The van der Waals surface area contributed by atoms with Gasteiger partial charge in [-0.1, -0.05) is 45.4 Å². The van der Waals surface area contributed by atoms with Crippen molar-refractivity contribution in [1.82, 2.24) is 9.88 Å². The summed E-state index contributed by atoms with van der Waals surface area (Å²) < 4.78 is 0.900. The van der Waals surface area contributed by atoms with Crippen LogP contribution < -0.4 is 0 Å². The molecule has 1 aliphatic rings. The number of nitrogens with one attached hydrogen (secondary N) is 1. The average molecular weight is 524 g/mol. The molecule has 32 heavy (non-hydrogen) atoms. The van der Waals surface area contributed by atoms with Crippen LogP contribution in [0.5, 0.6) is 5.88 Å². The Balaban J connectivity index is 0.00000289. The van der Waals surface area contributed by atoms with Crippen LogP contribution in [0.3, 0.4) is 0 Å². The van der Waals surface area contributed by atoms with Crippen LogP contribution in [0, 0.1) is 0 Å². The molecular formula is C22H24BrClN4O4. The Morgan fingerprint density at radius 3 is 2.56 bits per heavy atom. The predicted octanol–water partition coefficient (Wildman–Crippen LogP) is 3.20. The normalized spacial score (nSPS) is 14.0. The van der Waals surface area contributed by atoms with Gasteiger partial charge in [-0.15, -0.1) is 12.4 Å². The first-order valence-corrected chi connectivity index (χ1v) is 10.7. The summed E-state index contributed by atoms with van der Waals surface area (Å²) in [4.78, 5) is 15.2. The Hall–Kier alpha value is -2.43. The van der Waals surface area contributed by atoms with Crippen molar-refractivity contribution in [3.63, 3.8) is 0 Å². The number of nitrogens with zero attached hydrogens (tertiary/aromatic N) is 3. The molecule has 0 saturated heterocycles. The number of aliphatic imine (C=N–C) groups is 1. The summed E-state index contributed by atoms with van der Waals surface area (Å²) >= 11 is 3.45. The smallest absolute Gasteiger partial charge is 0.199 e. The highest BCUT2D eigenvalue weighted by Crippen LogP contribution is 2.36. The zero-order chi connectivity index (χ0) is 21.8. The van der Waals surface area contributed by atoms with Gasteiger partial charge in [-0.05, 0) is 18.2 Å². The molecule has 2 aromatic carbocycles. The third-order valence-corrected chi connectivity index (χ3v) is 5.57. The first-order valence-electron chi connectivity index (χ1n) is 9.95. The van der Waals surface area contributed by atoms with Crippen molar-refractivity contribution in [2.75, 3.05) is 39.5 Å². The summed E-state index contributed by atoms with van der Waals surface area (Å²) in [5.41, 5.74) is 4.02. The lowest BCUT2D eigenvalue weighted by atomic mass is 10.0. The number of oxime groups is 1. The molecule has 0 amide bonds. The Kier molecular flexibility index (Phi) is 8.27. The highest BCUT2D eigenvalue weighted by Gasteiger charge is 2.29. The fraction of sp³-hybridized carbons (Fsp3) is 0.273. The van der Waals surface area contributed by atoms with E-state index in [0.29, 0.717) is 36.6 Å². The van der Waals surface area contributed by atoms with E-state index in [0.717, 1.165) is 26.6 Å². The van der Waals surface area contributed by atoms with Gasteiger partial charge in [-0.2, -0.15) is 0 Å². The van der Waals surface area contributed by atoms with Crippen LogP contribution in [0.25, 0.3) is 10.9 Å².